The maximum Gasteiger partial charge on any atom is 0.534 e. The number of alkyl halides is 3. The van der Waals surface area contributed by atoms with Gasteiger partial charge in [-0.1, -0.05) is 38.5 Å². The van der Waals surface area contributed by atoms with Crippen molar-refractivity contribution in [3.63, 3.8) is 0 Å². The lowest BCUT2D eigenvalue weighted by Crippen LogP contribution is -2.39. The minimum Gasteiger partial charge on any atom is -0.543 e. The van der Waals surface area contributed by atoms with E-state index in [1.54, 1.807) is 26.0 Å². The van der Waals surface area contributed by atoms with Crippen LogP contribution in [-0.2, 0) is 26.1 Å². The molecule has 0 radical (unpaired) electrons. The summed E-state index contributed by atoms with van der Waals surface area (Å²) < 4.78 is 79.9. The number of carbonyl (C=O) groups is 1. The number of esters is 1. The minimum absolute atomic E-state index is 0.0103. The van der Waals surface area contributed by atoms with Crippen LogP contribution in [0.2, 0.25) is 18.1 Å². The third-order valence-electron chi connectivity index (χ3n) is 6.09. The summed E-state index contributed by atoms with van der Waals surface area (Å²) in [7, 11) is -8.24. The molecule has 0 aliphatic rings. The van der Waals surface area contributed by atoms with Crippen LogP contribution < -0.4 is 8.61 Å². The highest BCUT2D eigenvalue weighted by Crippen LogP contribution is 2.45. The Bertz CT molecular complexity index is 1150. The Balaban J connectivity index is 2.94. The maximum absolute atomic E-state index is 13.2. The van der Waals surface area contributed by atoms with Crippen LogP contribution in [0.15, 0.2) is 18.2 Å². The molecule has 0 saturated heterocycles. The van der Waals surface area contributed by atoms with Crippen molar-refractivity contribution in [2.45, 2.75) is 71.6 Å². The molecule has 0 aliphatic carbocycles. The van der Waals surface area contributed by atoms with Crippen LogP contribution in [0.4, 0.5) is 13.2 Å². The monoisotopic (exact) mass is 520 g/mol. The molecule has 0 fully saturated rings. The largest absolute Gasteiger partial charge is 0.543 e. The van der Waals surface area contributed by atoms with Crippen molar-refractivity contribution < 1.29 is 39.7 Å². The molecule has 0 bridgehead atoms. The molecule has 0 aliphatic heterocycles. The number of hydrogen-bond acceptors (Lipinski definition) is 6. The van der Waals surface area contributed by atoms with Crippen LogP contribution in [0.5, 0.6) is 11.5 Å². The predicted octanol–water partition coefficient (Wildman–Crippen LogP) is 6.17. The first kappa shape index (κ1) is 28.0. The van der Waals surface area contributed by atoms with E-state index >= 15 is 0 Å². The predicted molar refractivity (Wildman–Crippen MR) is 127 cm³/mol. The summed E-state index contributed by atoms with van der Waals surface area (Å²) in [6, 6.07) is 7.26. The van der Waals surface area contributed by atoms with Gasteiger partial charge in [0.25, 0.3) is 8.32 Å². The van der Waals surface area contributed by atoms with Gasteiger partial charge in [0.05, 0.1) is 13.0 Å². The topological polar surface area (TPSA) is 78.9 Å². The van der Waals surface area contributed by atoms with Crippen molar-refractivity contribution >= 4 is 35.2 Å². The van der Waals surface area contributed by atoms with Crippen LogP contribution in [-0.4, -0.2) is 34.8 Å². The van der Waals surface area contributed by atoms with Gasteiger partial charge in [0.15, 0.2) is 5.75 Å². The number of ether oxygens (including phenoxy) is 1. The molecule has 0 saturated carbocycles. The van der Waals surface area contributed by atoms with Crippen LogP contribution in [0.1, 0.15) is 44.4 Å². The Kier molecular flexibility index (Phi) is 8.68. The van der Waals surface area contributed by atoms with Crippen molar-refractivity contribution in [3.8, 4) is 11.5 Å². The third-order valence-corrected chi connectivity index (χ3v) is 11.5. The first-order valence-electron chi connectivity index (χ1n) is 11.2. The fraction of sp³-hybridized carbons (Fsp3) is 0.522. The first-order chi connectivity index (χ1) is 15.8. The minimum atomic E-state index is -5.99. The molecule has 11 heteroatoms. The standard InChI is InChI=1S/C23H31F3O6SSi/c1-7-30-20(27)14-18-16(6)21(32-34(8-2,9-3)10-4)19-13-15(5)11-12-17(19)22(18)31-33(28,29)23(24,25)26/h11-13H,7-10,14H2,1-6H3. The Morgan fingerprint density at radius 3 is 2.06 bits per heavy atom. The van der Waals surface area contributed by atoms with Crippen molar-refractivity contribution in [3.05, 3.63) is 34.9 Å². The van der Waals surface area contributed by atoms with Crippen LogP contribution >= 0.6 is 0 Å². The van der Waals surface area contributed by atoms with Gasteiger partial charge in [-0.3, -0.25) is 4.79 Å². The number of rotatable bonds is 10. The molecular weight excluding hydrogens is 489 g/mol. The average molecular weight is 521 g/mol. The van der Waals surface area contributed by atoms with E-state index in [-0.39, 0.29) is 17.6 Å². The van der Waals surface area contributed by atoms with E-state index in [1.165, 1.54) is 6.07 Å². The second-order valence-electron chi connectivity index (χ2n) is 8.12. The second-order valence-corrected chi connectivity index (χ2v) is 14.4. The van der Waals surface area contributed by atoms with E-state index in [0.717, 1.165) is 23.7 Å². The summed E-state index contributed by atoms with van der Waals surface area (Å²) in [5, 5.41) is 0.550. The number of benzene rings is 2. The fourth-order valence-electron chi connectivity index (χ4n) is 3.85. The molecule has 6 nitrogen and oxygen atoms in total. The number of hydrogen-bond donors (Lipinski definition) is 0. The molecule has 2 rings (SSSR count). The van der Waals surface area contributed by atoms with Crippen molar-refractivity contribution in [1.29, 1.82) is 0 Å². The van der Waals surface area contributed by atoms with Crippen LogP contribution in [0.3, 0.4) is 0 Å². The first-order valence-corrected chi connectivity index (χ1v) is 15.1. The highest BCUT2D eigenvalue weighted by molar-refractivity contribution is 7.88. The number of carbonyl (C=O) groups excluding carboxylic acids is 1. The number of fused-ring (bicyclic) bond motifs is 1. The third kappa shape index (κ3) is 5.68. The van der Waals surface area contributed by atoms with E-state index in [0.29, 0.717) is 16.7 Å². The molecule has 0 atom stereocenters. The Morgan fingerprint density at radius 2 is 1.56 bits per heavy atom. The molecule has 34 heavy (non-hydrogen) atoms. The van der Waals surface area contributed by atoms with Crippen molar-refractivity contribution in [2.24, 2.45) is 0 Å². The summed E-state index contributed by atoms with van der Waals surface area (Å²) in [4.78, 5) is 12.4. The van der Waals surface area contributed by atoms with Gasteiger partial charge in [0, 0.05) is 16.3 Å². The molecule has 0 unspecified atom stereocenters. The van der Waals surface area contributed by atoms with E-state index in [2.05, 4.69) is 4.18 Å². The molecule has 0 heterocycles. The van der Waals surface area contributed by atoms with E-state index in [1.807, 2.05) is 27.7 Å². The summed E-state index contributed by atoms with van der Waals surface area (Å²) in [5.41, 5.74) is -4.49. The van der Waals surface area contributed by atoms with Gasteiger partial charge >= 0.3 is 21.6 Å². The highest BCUT2D eigenvalue weighted by atomic mass is 32.2. The van der Waals surface area contributed by atoms with Gasteiger partial charge < -0.3 is 13.3 Å². The van der Waals surface area contributed by atoms with Crippen molar-refractivity contribution in [1.82, 2.24) is 0 Å². The highest BCUT2D eigenvalue weighted by Gasteiger charge is 2.49. The SMILES string of the molecule is CCOC(=O)Cc1c(C)c(O[Si](CC)(CC)CC)c2cc(C)ccc2c1OS(=O)(=O)C(F)(F)F. The Morgan fingerprint density at radius 1 is 0.971 bits per heavy atom. The molecule has 0 amide bonds. The molecule has 0 aromatic heterocycles. The summed E-state index contributed by atoms with van der Waals surface area (Å²) in [5.74, 6) is -0.823. The molecule has 0 spiro atoms. The zero-order valence-corrected chi connectivity index (χ0v) is 22.1. The molecule has 2 aromatic carbocycles. The quantitative estimate of drug-likeness (QED) is 0.161. The average Bonchev–Trinajstić information content (AvgIpc) is 2.76. The summed E-state index contributed by atoms with van der Waals surface area (Å²) in [6.45, 7) is 11.2. The summed E-state index contributed by atoms with van der Waals surface area (Å²) in [6.07, 6.45) is -0.471. The molecular formula is C23H31F3O6SSi. The lowest BCUT2D eigenvalue weighted by Gasteiger charge is -2.32. The van der Waals surface area contributed by atoms with Gasteiger partial charge in [0.2, 0.25) is 0 Å². The smallest absolute Gasteiger partial charge is 0.534 e. The van der Waals surface area contributed by atoms with Gasteiger partial charge in [-0.2, -0.15) is 21.6 Å². The van der Waals surface area contributed by atoms with Crippen LogP contribution in [0, 0.1) is 13.8 Å². The van der Waals surface area contributed by atoms with Crippen LogP contribution in [0.25, 0.3) is 10.8 Å². The van der Waals surface area contributed by atoms with Crippen molar-refractivity contribution in [2.75, 3.05) is 6.61 Å². The van der Waals surface area contributed by atoms with Gasteiger partial charge in [-0.05, 0) is 50.5 Å². The van der Waals surface area contributed by atoms with Gasteiger partial charge in [-0.15, -0.1) is 0 Å². The zero-order chi connectivity index (χ0) is 25.9. The molecule has 190 valence electrons. The zero-order valence-electron chi connectivity index (χ0n) is 20.3. The molecule has 0 N–H and O–H groups in total. The Labute approximate surface area is 199 Å². The lowest BCUT2D eigenvalue weighted by molar-refractivity contribution is -0.142. The molecule has 2 aromatic rings. The van der Waals surface area contributed by atoms with Gasteiger partial charge in [-0.25, -0.2) is 0 Å². The van der Waals surface area contributed by atoms with Gasteiger partial charge in [0.1, 0.15) is 5.75 Å². The van der Waals surface area contributed by atoms with E-state index < -0.39 is 42.1 Å². The maximum atomic E-state index is 13.2. The number of halogens is 3. The number of aryl methyl sites for hydroxylation is 1. The van der Waals surface area contributed by atoms with E-state index in [4.69, 9.17) is 9.16 Å². The normalized spacial score (nSPS) is 12.6. The van der Waals surface area contributed by atoms with E-state index in [9.17, 15) is 26.4 Å². The summed E-state index contributed by atoms with van der Waals surface area (Å²) >= 11 is 0. The Hall–Kier alpha value is -2.27. The second kappa shape index (κ2) is 10.6. The fourth-order valence-corrected chi connectivity index (χ4v) is 6.99. The lowest BCUT2D eigenvalue weighted by atomic mass is 9.95.